The molecule has 6 N–H and O–H groups in total. The lowest BCUT2D eigenvalue weighted by atomic mass is 10.0. The first-order chi connectivity index (χ1) is 15.2. The number of halogens is 1. The molecule has 0 bridgehead atoms. The molecule has 2 atom stereocenters. The quantitative estimate of drug-likeness (QED) is 0.136. The minimum atomic E-state index is -1.34. The summed E-state index contributed by atoms with van der Waals surface area (Å²) in [5.74, 6) is 11.9. The van der Waals surface area contributed by atoms with Gasteiger partial charge in [-0.15, -0.1) is 21.5 Å². The van der Waals surface area contributed by atoms with Gasteiger partial charge in [-0.05, 0) is 37.3 Å². The number of hydrazone groups is 1. The molecule has 0 amide bonds. The molecule has 32 heavy (non-hydrogen) atoms. The van der Waals surface area contributed by atoms with Crippen molar-refractivity contribution in [1.82, 2.24) is 19.8 Å². The van der Waals surface area contributed by atoms with Crippen LogP contribution in [-0.4, -0.2) is 44.2 Å². The largest absolute Gasteiger partial charge is 0.593 e. The first-order valence-electron chi connectivity index (χ1n) is 9.22. The maximum absolute atomic E-state index is 12.4. The summed E-state index contributed by atoms with van der Waals surface area (Å²) in [7, 11) is 1.61. The van der Waals surface area contributed by atoms with Gasteiger partial charge in [0.2, 0.25) is 11.9 Å². The third-order valence-corrected chi connectivity index (χ3v) is 8.27. The third kappa shape index (κ3) is 4.12. The first kappa shape index (κ1) is 22.4. The van der Waals surface area contributed by atoms with Crippen molar-refractivity contribution in [1.29, 1.82) is 5.41 Å². The molecule has 0 spiro atoms. The summed E-state index contributed by atoms with van der Waals surface area (Å²) in [4.78, 5) is 1.42. The highest BCUT2D eigenvalue weighted by molar-refractivity contribution is 7.89. The van der Waals surface area contributed by atoms with Gasteiger partial charge in [-0.25, -0.2) is 5.84 Å². The van der Waals surface area contributed by atoms with Crippen LogP contribution < -0.4 is 22.0 Å². The average Bonchev–Trinajstić information content (AvgIpc) is 3.39. The minimum absolute atomic E-state index is 0.0698. The molecular weight excluding hydrogens is 474 g/mol. The first-order valence-corrected chi connectivity index (χ1v) is 11.7. The average molecular weight is 494 g/mol. The molecule has 4 rings (SSSR count). The molecule has 3 aromatic rings. The van der Waals surface area contributed by atoms with Gasteiger partial charge in [0.1, 0.15) is 11.9 Å². The van der Waals surface area contributed by atoms with Crippen molar-refractivity contribution in [2.45, 2.75) is 12.5 Å². The molecule has 1 aromatic carbocycles. The number of guanidine groups is 1. The molecule has 0 saturated carbocycles. The second-order valence-electron chi connectivity index (χ2n) is 7.19. The van der Waals surface area contributed by atoms with Crippen LogP contribution in [0.2, 0.25) is 5.02 Å². The van der Waals surface area contributed by atoms with Crippen molar-refractivity contribution >= 4 is 52.3 Å². The van der Waals surface area contributed by atoms with E-state index in [4.69, 9.17) is 33.1 Å². The minimum Gasteiger partial charge on any atom is -0.593 e. The molecule has 1 saturated heterocycles. The summed E-state index contributed by atoms with van der Waals surface area (Å²) >= 11 is 6.52. The van der Waals surface area contributed by atoms with E-state index in [-0.39, 0.29) is 11.7 Å². The summed E-state index contributed by atoms with van der Waals surface area (Å²) in [5, 5.41) is 24.6. The van der Waals surface area contributed by atoms with Gasteiger partial charge < -0.3 is 20.1 Å². The summed E-state index contributed by atoms with van der Waals surface area (Å²) in [5.41, 5.74) is 0.633. The second kappa shape index (κ2) is 8.60. The lowest BCUT2D eigenvalue weighted by Crippen LogP contribution is -2.60. The monoisotopic (exact) mass is 493 g/mol. The summed E-state index contributed by atoms with van der Waals surface area (Å²) in [6, 6.07) is 8.84. The van der Waals surface area contributed by atoms with Crippen molar-refractivity contribution in [2.75, 3.05) is 17.8 Å². The van der Waals surface area contributed by atoms with E-state index in [9.17, 15) is 4.55 Å². The Bertz CT molecular complexity index is 1170. The zero-order valence-electron chi connectivity index (χ0n) is 17.1. The van der Waals surface area contributed by atoms with Crippen molar-refractivity contribution in [3.05, 3.63) is 40.2 Å². The van der Waals surface area contributed by atoms with Crippen LogP contribution in [0.1, 0.15) is 11.8 Å². The van der Waals surface area contributed by atoms with Gasteiger partial charge in [0.15, 0.2) is 5.75 Å². The van der Waals surface area contributed by atoms with Crippen LogP contribution in [0, 0.1) is 5.41 Å². The van der Waals surface area contributed by atoms with Crippen LogP contribution in [-0.2, 0) is 16.9 Å². The molecule has 14 heteroatoms. The van der Waals surface area contributed by atoms with Crippen molar-refractivity contribution in [2.24, 2.45) is 16.8 Å². The Balaban J connectivity index is 1.59. The number of thiophene rings is 1. The van der Waals surface area contributed by atoms with E-state index < -0.39 is 16.9 Å². The Kier molecular flexibility index (Phi) is 6.01. The molecule has 0 radical (unpaired) electrons. The fraction of sp³-hybridized carbons (Fsp3) is 0.222. The number of aromatic nitrogens is 2. The topological polar surface area (TPSA) is 169 Å². The predicted octanol–water partition coefficient (Wildman–Crippen LogP) is 2.05. The lowest BCUT2D eigenvalue weighted by molar-refractivity contribution is 0.424. The van der Waals surface area contributed by atoms with Crippen molar-refractivity contribution < 1.29 is 8.97 Å². The van der Waals surface area contributed by atoms with Gasteiger partial charge in [-0.1, -0.05) is 11.6 Å². The smallest absolute Gasteiger partial charge is 0.258 e. The van der Waals surface area contributed by atoms with Gasteiger partial charge >= 0.3 is 0 Å². The standard InChI is InChI=1S/C18H20ClN9O2S2/c1-18(8-32(29)27(2)17(20)24-18)14-12(19)7-13(31-14)16-26-25-15(30-16)10-3-5-11(6-4-10)28(22)9-23-21/h3-7,9H,8,21-22H2,1-2H3,(H2,20,24)/b23-9-/t18-,32?/m0/s1. The fourth-order valence-corrected chi connectivity index (χ4v) is 5.96. The Morgan fingerprint density at radius 2 is 2.09 bits per heavy atom. The van der Waals surface area contributed by atoms with Crippen LogP contribution in [0.3, 0.4) is 0 Å². The van der Waals surface area contributed by atoms with E-state index in [1.807, 2.05) is 6.92 Å². The molecule has 1 fully saturated rings. The van der Waals surface area contributed by atoms with E-state index in [1.165, 1.54) is 27.0 Å². The number of benzene rings is 1. The third-order valence-electron chi connectivity index (χ3n) is 4.85. The normalized spacial score (nSPS) is 21.2. The fourth-order valence-electron chi connectivity index (χ4n) is 3.15. The zero-order chi connectivity index (χ0) is 23.0. The maximum atomic E-state index is 12.4. The van der Waals surface area contributed by atoms with Crippen LogP contribution >= 0.6 is 22.9 Å². The maximum Gasteiger partial charge on any atom is 0.258 e. The van der Waals surface area contributed by atoms with Crippen LogP contribution in [0.25, 0.3) is 22.2 Å². The van der Waals surface area contributed by atoms with E-state index in [0.717, 1.165) is 4.88 Å². The lowest BCUT2D eigenvalue weighted by Gasteiger charge is -2.39. The van der Waals surface area contributed by atoms with Crippen LogP contribution in [0.5, 0.6) is 0 Å². The highest BCUT2D eigenvalue weighted by Gasteiger charge is 2.44. The SMILES string of the molecule is CN1C(=N)N[C@](C)(c2sc(-c3nnc(-c4ccc(N(N)/C=N\N)cc4)o3)cc2Cl)C[S+]1[O-]. The van der Waals surface area contributed by atoms with E-state index >= 15 is 0 Å². The molecule has 11 nitrogen and oxygen atoms in total. The number of nitrogens with two attached hydrogens (primary N) is 2. The Morgan fingerprint density at radius 3 is 2.75 bits per heavy atom. The summed E-state index contributed by atoms with van der Waals surface area (Å²) < 4.78 is 19.6. The highest BCUT2D eigenvalue weighted by Crippen LogP contribution is 2.42. The summed E-state index contributed by atoms with van der Waals surface area (Å²) in [6.07, 6.45) is 1.29. The van der Waals surface area contributed by atoms with Crippen LogP contribution in [0.15, 0.2) is 39.9 Å². The molecule has 3 heterocycles. The number of nitrogens with zero attached hydrogens (tertiary/aromatic N) is 5. The molecule has 1 aliphatic rings. The van der Waals surface area contributed by atoms with Gasteiger partial charge in [0.05, 0.1) is 38.9 Å². The molecule has 1 aliphatic heterocycles. The van der Waals surface area contributed by atoms with E-state index in [1.54, 1.807) is 37.4 Å². The molecular formula is C18H20ClN9O2S2. The van der Waals surface area contributed by atoms with E-state index in [0.29, 0.717) is 32.9 Å². The number of hydrogen-bond acceptors (Lipinski definition) is 9. The highest BCUT2D eigenvalue weighted by atomic mass is 35.5. The Hall–Kier alpha value is -2.84. The number of nitrogens with one attached hydrogen (secondary N) is 2. The number of hydrogen-bond donors (Lipinski definition) is 4. The van der Waals surface area contributed by atoms with Gasteiger partial charge in [0, 0.05) is 5.56 Å². The Labute approximate surface area is 195 Å². The molecule has 168 valence electrons. The summed E-state index contributed by atoms with van der Waals surface area (Å²) in [6.45, 7) is 1.87. The van der Waals surface area contributed by atoms with Gasteiger partial charge in [0.25, 0.3) is 5.89 Å². The van der Waals surface area contributed by atoms with Gasteiger partial charge in [-0.2, -0.15) is 9.41 Å². The van der Waals surface area contributed by atoms with Crippen LogP contribution in [0.4, 0.5) is 5.69 Å². The number of hydrazine groups is 1. The predicted molar refractivity (Wildman–Crippen MR) is 126 cm³/mol. The zero-order valence-corrected chi connectivity index (χ0v) is 19.5. The van der Waals surface area contributed by atoms with Gasteiger partial charge in [-0.3, -0.25) is 10.4 Å². The Morgan fingerprint density at radius 1 is 1.41 bits per heavy atom. The molecule has 0 aliphatic carbocycles. The van der Waals surface area contributed by atoms with Crippen molar-refractivity contribution in [3.8, 4) is 22.2 Å². The molecule has 1 unspecified atom stereocenters. The number of rotatable bonds is 5. The van der Waals surface area contributed by atoms with E-state index in [2.05, 4.69) is 20.6 Å². The number of anilines is 1. The van der Waals surface area contributed by atoms with Crippen molar-refractivity contribution in [3.63, 3.8) is 0 Å². The molecule has 2 aromatic heterocycles. The second-order valence-corrected chi connectivity index (χ2v) is 10.1.